The molecule has 164 valence electrons. The van der Waals surface area contributed by atoms with Gasteiger partial charge >= 0.3 is 0 Å². The predicted molar refractivity (Wildman–Crippen MR) is 115 cm³/mol. The van der Waals surface area contributed by atoms with Gasteiger partial charge in [-0.2, -0.15) is 19.9 Å². The lowest BCUT2D eigenvalue weighted by Crippen LogP contribution is -2.34. The molecule has 4 rings (SSSR count). The van der Waals surface area contributed by atoms with E-state index in [4.69, 9.17) is 10.3 Å². The Morgan fingerprint density at radius 2 is 1.87 bits per heavy atom. The summed E-state index contributed by atoms with van der Waals surface area (Å²) in [6.45, 7) is 4.07. The number of rotatable bonds is 6. The zero-order valence-electron chi connectivity index (χ0n) is 17.5. The highest BCUT2D eigenvalue weighted by molar-refractivity contribution is 7.89. The third kappa shape index (κ3) is 4.21. The molecule has 0 amide bonds. The van der Waals surface area contributed by atoms with Gasteiger partial charge in [0, 0.05) is 25.8 Å². The highest BCUT2D eigenvalue weighted by atomic mass is 32.2. The quantitative estimate of drug-likeness (QED) is 0.597. The number of para-hydroxylation sites is 1. The minimum absolute atomic E-state index is 0.0317. The molecule has 11 nitrogen and oxygen atoms in total. The molecule has 0 saturated carbocycles. The lowest BCUT2D eigenvalue weighted by molar-refractivity contribution is 0.354. The second kappa shape index (κ2) is 8.19. The summed E-state index contributed by atoms with van der Waals surface area (Å²) in [5.74, 6) is 0.912. The van der Waals surface area contributed by atoms with E-state index in [2.05, 4.69) is 25.1 Å². The van der Waals surface area contributed by atoms with Gasteiger partial charge in [0.25, 0.3) is 0 Å². The monoisotopic (exact) mass is 444 g/mol. The Balaban J connectivity index is 1.57. The molecular formula is C19H24N8O3S. The Hall–Kier alpha value is -3.12. The second-order valence-corrected chi connectivity index (χ2v) is 10.1. The first-order valence-corrected chi connectivity index (χ1v) is 11.4. The van der Waals surface area contributed by atoms with E-state index < -0.39 is 15.3 Å². The summed E-state index contributed by atoms with van der Waals surface area (Å²) >= 11 is 0. The fourth-order valence-electron chi connectivity index (χ4n) is 3.35. The molecule has 0 spiro atoms. The number of hydrogen-bond donors (Lipinski definition) is 1. The second-order valence-electron chi connectivity index (χ2n) is 7.61. The molecule has 1 saturated heterocycles. The van der Waals surface area contributed by atoms with Crippen molar-refractivity contribution in [2.24, 2.45) is 0 Å². The summed E-state index contributed by atoms with van der Waals surface area (Å²) < 4.78 is 31.7. The number of benzene rings is 1. The van der Waals surface area contributed by atoms with Gasteiger partial charge in [0.15, 0.2) is 0 Å². The highest BCUT2D eigenvalue weighted by Gasteiger charge is 2.36. The fraction of sp³-hybridized carbons (Fsp3) is 0.421. The summed E-state index contributed by atoms with van der Waals surface area (Å²) in [5, 5.41) is 3.51. The van der Waals surface area contributed by atoms with Crippen LogP contribution < -0.4 is 10.6 Å². The van der Waals surface area contributed by atoms with Gasteiger partial charge in [0.05, 0.1) is 11.2 Å². The topological polar surface area (TPSA) is 144 Å². The maximum Gasteiger partial charge on any atom is 0.240 e. The number of anilines is 3. The van der Waals surface area contributed by atoms with E-state index >= 15 is 0 Å². The average Bonchev–Trinajstić information content (AvgIpc) is 3.43. The molecule has 0 aliphatic carbocycles. The van der Waals surface area contributed by atoms with Crippen molar-refractivity contribution >= 4 is 27.6 Å². The maximum absolute atomic E-state index is 12.4. The normalized spacial score (nSPS) is 17.4. The summed E-state index contributed by atoms with van der Waals surface area (Å²) in [4.78, 5) is 18.9. The van der Waals surface area contributed by atoms with Crippen molar-refractivity contribution in [1.29, 1.82) is 0 Å². The predicted octanol–water partition coefficient (Wildman–Crippen LogP) is 1.80. The maximum atomic E-state index is 12.4. The van der Waals surface area contributed by atoms with Gasteiger partial charge in [-0.1, -0.05) is 23.4 Å². The van der Waals surface area contributed by atoms with Crippen LogP contribution in [-0.4, -0.2) is 63.2 Å². The van der Waals surface area contributed by atoms with Crippen molar-refractivity contribution in [3.8, 4) is 11.6 Å². The van der Waals surface area contributed by atoms with Gasteiger partial charge in [-0.25, -0.2) is 12.7 Å². The number of nitrogens with two attached hydrogens (primary N) is 1. The van der Waals surface area contributed by atoms with Crippen LogP contribution in [0.15, 0.2) is 34.9 Å². The van der Waals surface area contributed by atoms with Crippen molar-refractivity contribution < 1.29 is 12.9 Å². The molecule has 0 bridgehead atoms. The van der Waals surface area contributed by atoms with Crippen LogP contribution in [0.4, 0.5) is 17.6 Å². The minimum Gasteiger partial charge on any atom is -0.368 e. The van der Waals surface area contributed by atoms with E-state index in [0.717, 1.165) is 5.69 Å². The van der Waals surface area contributed by atoms with E-state index in [1.807, 2.05) is 37.4 Å². The van der Waals surface area contributed by atoms with Gasteiger partial charge in [-0.15, -0.1) is 0 Å². The summed E-state index contributed by atoms with van der Waals surface area (Å²) in [7, 11) is -1.50. The van der Waals surface area contributed by atoms with Crippen LogP contribution in [0.5, 0.6) is 0 Å². The van der Waals surface area contributed by atoms with E-state index in [1.54, 1.807) is 18.7 Å². The zero-order valence-corrected chi connectivity index (χ0v) is 18.3. The lowest BCUT2D eigenvalue weighted by atomic mass is 10.1. The minimum atomic E-state index is -3.32. The molecule has 2 N–H and O–H groups in total. The number of aromatic nitrogens is 5. The van der Waals surface area contributed by atoms with Crippen LogP contribution in [0.3, 0.4) is 0 Å². The van der Waals surface area contributed by atoms with E-state index in [9.17, 15) is 8.42 Å². The van der Waals surface area contributed by atoms with Gasteiger partial charge in [0.2, 0.25) is 39.5 Å². The Morgan fingerprint density at radius 3 is 2.58 bits per heavy atom. The molecular weight excluding hydrogens is 420 g/mol. The number of sulfonamides is 1. The Morgan fingerprint density at radius 1 is 1.13 bits per heavy atom. The van der Waals surface area contributed by atoms with Crippen molar-refractivity contribution in [2.45, 2.75) is 31.4 Å². The molecule has 1 atom stereocenters. The lowest BCUT2D eigenvalue weighted by Gasteiger charge is -2.18. The summed E-state index contributed by atoms with van der Waals surface area (Å²) in [6.07, 6.45) is 0.606. The smallest absolute Gasteiger partial charge is 0.240 e. The standard InChI is InChI=1S/C19H24N8O3S/c1-12(2)31(28,29)27-10-9-13(11-27)17-21-16(25-30-17)15-22-18(20)24-19(23-15)26(3)14-7-5-4-6-8-14/h4-8,12-13H,9-11H2,1-3H3,(H2,20,22,23,24). The van der Waals surface area contributed by atoms with E-state index in [0.29, 0.717) is 31.3 Å². The van der Waals surface area contributed by atoms with Gasteiger partial charge in [0.1, 0.15) is 0 Å². The molecule has 3 aromatic rings. The Kier molecular flexibility index (Phi) is 5.58. The molecule has 1 fully saturated rings. The Bertz CT molecular complexity index is 1170. The molecule has 1 unspecified atom stereocenters. The van der Waals surface area contributed by atoms with Crippen molar-refractivity contribution in [3.05, 3.63) is 36.2 Å². The van der Waals surface area contributed by atoms with Crippen LogP contribution in [-0.2, 0) is 10.0 Å². The van der Waals surface area contributed by atoms with E-state index in [-0.39, 0.29) is 23.5 Å². The molecule has 1 aromatic carbocycles. The van der Waals surface area contributed by atoms with Crippen LogP contribution in [0.2, 0.25) is 0 Å². The number of hydrogen-bond acceptors (Lipinski definition) is 10. The first-order chi connectivity index (χ1) is 14.8. The molecule has 1 aliphatic rings. The first-order valence-electron chi connectivity index (χ1n) is 9.89. The Labute approximate surface area is 180 Å². The third-order valence-corrected chi connectivity index (χ3v) is 7.42. The van der Waals surface area contributed by atoms with Crippen molar-refractivity contribution in [3.63, 3.8) is 0 Å². The summed E-state index contributed by atoms with van der Waals surface area (Å²) in [6, 6.07) is 9.58. The van der Waals surface area contributed by atoms with Gasteiger partial charge in [-0.05, 0) is 32.4 Å². The summed E-state index contributed by atoms with van der Waals surface area (Å²) in [5.41, 5.74) is 6.77. The average molecular weight is 445 g/mol. The fourth-order valence-corrected chi connectivity index (χ4v) is 4.69. The third-order valence-electron chi connectivity index (χ3n) is 5.18. The first kappa shape index (κ1) is 21.1. The van der Waals surface area contributed by atoms with Gasteiger partial charge < -0.3 is 15.2 Å². The van der Waals surface area contributed by atoms with Crippen molar-refractivity contribution in [1.82, 2.24) is 29.4 Å². The molecule has 12 heteroatoms. The number of nitrogen functional groups attached to an aromatic ring is 1. The van der Waals surface area contributed by atoms with Gasteiger partial charge in [-0.3, -0.25) is 0 Å². The van der Waals surface area contributed by atoms with Crippen LogP contribution in [0.1, 0.15) is 32.1 Å². The van der Waals surface area contributed by atoms with Crippen LogP contribution in [0.25, 0.3) is 11.6 Å². The molecule has 0 radical (unpaired) electrons. The van der Waals surface area contributed by atoms with Crippen LogP contribution in [0, 0.1) is 0 Å². The van der Waals surface area contributed by atoms with E-state index in [1.165, 1.54) is 4.31 Å². The van der Waals surface area contributed by atoms with Crippen molar-refractivity contribution in [2.75, 3.05) is 30.8 Å². The molecule has 31 heavy (non-hydrogen) atoms. The highest BCUT2D eigenvalue weighted by Crippen LogP contribution is 2.30. The SMILES string of the molecule is CC(C)S(=O)(=O)N1CCC(c2nc(-c3nc(N)nc(N(C)c4ccccc4)n3)no2)C1. The number of nitrogens with zero attached hydrogens (tertiary/aromatic N) is 7. The molecule has 2 aromatic heterocycles. The molecule has 3 heterocycles. The zero-order chi connectivity index (χ0) is 22.2. The largest absolute Gasteiger partial charge is 0.368 e. The van der Waals surface area contributed by atoms with Crippen LogP contribution >= 0.6 is 0 Å². The molecule has 1 aliphatic heterocycles.